The number of hydrogen-bond donors (Lipinski definition) is 1. The molecule has 4 heteroatoms. The van der Waals surface area contributed by atoms with E-state index in [4.69, 9.17) is 14.2 Å². The van der Waals surface area contributed by atoms with E-state index in [-0.39, 0.29) is 0 Å². The molecule has 0 aromatic heterocycles. The molecular formula is C11H24O4. The Kier molecular flexibility index (Phi) is 7.96. The van der Waals surface area contributed by atoms with Crippen molar-refractivity contribution in [2.45, 2.75) is 52.6 Å². The van der Waals surface area contributed by atoms with Crippen molar-refractivity contribution in [1.29, 1.82) is 0 Å². The summed E-state index contributed by atoms with van der Waals surface area (Å²) in [5, 5.41) is 9.75. The molecule has 4 nitrogen and oxygen atoms in total. The van der Waals surface area contributed by atoms with Crippen LogP contribution in [0.1, 0.15) is 40.5 Å². The number of rotatable bonds is 9. The van der Waals surface area contributed by atoms with E-state index >= 15 is 0 Å². The third kappa shape index (κ3) is 5.47. The quantitative estimate of drug-likeness (QED) is 0.603. The zero-order valence-electron chi connectivity index (χ0n) is 10.3. The summed E-state index contributed by atoms with van der Waals surface area (Å²) in [4.78, 5) is 0. The topological polar surface area (TPSA) is 47.9 Å². The minimum absolute atomic E-state index is 0.432. The van der Waals surface area contributed by atoms with Crippen LogP contribution in [0.25, 0.3) is 0 Å². The third-order valence-corrected chi connectivity index (χ3v) is 1.96. The molecule has 0 amide bonds. The highest BCUT2D eigenvalue weighted by Crippen LogP contribution is 2.19. The normalized spacial score (nSPS) is 14.2. The molecule has 0 fully saturated rings. The summed E-state index contributed by atoms with van der Waals surface area (Å²) in [6.45, 7) is 9.07. The molecule has 0 saturated heterocycles. The average molecular weight is 220 g/mol. The zero-order valence-corrected chi connectivity index (χ0v) is 10.3. The lowest BCUT2D eigenvalue weighted by Crippen LogP contribution is -2.46. The van der Waals surface area contributed by atoms with Gasteiger partial charge in [0.05, 0.1) is 0 Å². The minimum Gasteiger partial charge on any atom is -0.364 e. The van der Waals surface area contributed by atoms with Gasteiger partial charge in [0.25, 0.3) is 0 Å². The van der Waals surface area contributed by atoms with E-state index in [0.717, 1.165) is 12.8 Å². The first-order valence-corrected chi connectivity index (χ1v) is 5.68. The summed E-state index contributed by atoms with van der Waals surface area (Å²) < 4.78 is 16.1. The van der Waals surface area contributed by atoms with Crippen LogP contribution in [-0.2, 0) is 14.2 Å². The highest BCUT2D eigenvalue weighted by Gasteiger charge is 2.35. The zero-order chi connectivity index (χ0) is 11.7. The maximum Gasteiger partial charge on any atom is 0.217 e. The Bertz CT molecular complexity index is 142. The first kappa shape index (κ1) is 14.8. The molecule has 0 aromatic carbocycles. The van der Waals surface area contributed by atoms with Gasteiger partial charge in [-0.1, -0.05) is 13.8 Å². The van der Waals surface area contributed by atoms with Gasteiger partial charge in [0.1, 0.15) is 0 Å². The Balaban J connectivity index is 4.23. The SMILES string of the molecule is CCCOC(C)(OCCC)C(O)OCC. The van der Waals surface area contributed by atoms with Crippen LogP contribution in [0.4, 0.5) is 0 Å². The van der Waals surface area contributed by atoms with Crippen LogP contribution < -0.4 is 0 Å². The second kappa shape index (κ2) is 8.05. The monoisotopic (exact) mass is 220 g/mol. The van der Waals surface area contributed by atoms with E-state index in [9.17, 15) is 5.11 Å². The fraction of sp³-hybridized carbons (Fsp3) is 1.00. The van der Waals surface area contributed by atoms with Crippen LogP contribution in [-0.4, -0.2) is 37.0 Å². The smallest absolute Gasteiger partial charge is 0.217 e. The molecule has 0 spiro atoms. The molecule has 15 heavy (non-hydrogen) atoms. The lowest BCUT2D eigenvalue weighted by Gasteiger charge is -2.33. The van der Waals surface area contributed by atoms with Crippen molar-refractivity contribution in [3.63, 3.8) is 0 Å². The van der Waals surface area contributed by atoms with Crippen molar-refractivity contribution in [2.24, 2.45) is 0 Å². The van der Waals surface area contributed by atoms with Gasteiger partial charge in [-0.3, -0.25) is 0 Å². The summed E-state index contributed by atoms with van der Waals surface area (Å²) >= 11 is 0. The van der Waals surface area contributed by atoms with Crippen molar-refractivity contribution in [2.75, 3.05) is 19.8 Å². The van der Waals surface area contributed by atoms with Gasteiger partial charge in [-0.2, -0.15) is 0 Å². The molecule has 0 heterocycles. The van der Waals surface area contributed by atoms with Gasteiger partial charge in [-0.05, 0) is 26.7 Å². The summed E-state index contributed by atoms with van der Waals surface area (Å²) in [7, 11) is 0. The molecule has 92 valence electrons. The molecule has 0 aliphatic heterocycles. The minimum atomic E-state index is -1.05. The van der Waals surface area contributed by atoms with E-state index in [1.165, 1.54) is 0 Å². The second-order valence-corrected chi connectivity index (χ2v) is 3.52. The highest BCUT2D eigenvalue weighted by atomic mass is 16.7. The van der Waals surface area contributed by atoms with Crippen LogP contribution in [0.3, 0.4) is 0 Å². The Hall–Kier alpha value is -0.160. The largest absolute Gasteiger partial charge is 0.364 e. The van der Waals surface area contributed by atoms with Crippen molar-refractivity contribution >= 4 is 0 Å². The lowest BCUT2D eigenvalue weighted by atomic mass is 10.3. The maximum atomic E-state index is 9.75. The van der Waals surface area contributed by atoms with Crippen molar-refractivity contribution in [3.05, 3.63) is 0 Å². The molecule has 0 aromatic rings. The van der Waals surface area contributed by atoms with Crippen molar-refractivity contribution < 1.29 is 19.3 Å². The van der Waals surface area contributed by atoms with Gasteiger partial charge in [0, 0.05) is 19.8 Å². The number of ether oxygens (including phenoxy) is 3. The van der Waals surface area contributed by atoms with Gasteiger partial charge >= 0.3 is 0 Å². The summed E-state index contributed by atoms with van der Waals surface area (Å²) in [6.07, 6.45) is 0.717. The number of hydrogen-bond acceptors (Lipinski definition) is 4. The number of aliphatic hydroxyl groups excluding tert-OH is 1. The van der Waals surface area contributed by atoms with Crippen LogP contribution in [0.2, 0.25) is 0 Å². The fourth-order valence-electron chi connectivity index (χ4n) is 1.10. The van der Waals surface area contributed by atoms with Gasteiger partial charge in [-0.25, -0.2) is 0 Å². The molecule has 1 atom stereocenters. The van der Waals surface area contributed by atoms with Gasteiger partial charge in [0.2, 0.25) is 12.1 Å². The molecule has 0 aliphatic rings. The van der Waals surface area contributed by atoms with Gasteiger partial charge in [0.15, 0.2) is 0 Å². The Morgan fingerprint density at radius 3 is 1.87 bits per heavy atom. The Morgan fingerprint density at radius 1 is 1.07 bits per heavy atom. The third-order valence-electron chi connectivity index (χ3n) is 1.96. The molecule has 0 radical (unpaired) electrons. The Morgan fingerprint density at radius 2 is 1.53 bits per heavy atom. The van der Waals surface area contributed by atoms with Crippen LogP contribution in [0.5, 0.6) is 0 Å². The first-order valence-electron chi connectivity index (χ1n) is 5.68. The molecule has 0 bridgehead atoms. The van der Waals surface area contributed by atoms with Crippen molar-refractivity contribution in [3.8, 4) is 0 Å². The lowest BCUT2D eigenvalue weighted by molar-refractivity contribution is -0.332. The standard InChI is InChI=1S/C11H24O4/c1-5-8-14-11(4,15-9-6-2)10(12)13-7-3/h10,12H,5-9H2,1-4H3. The average Bonchev–Trinajstić information content (AvgIpc) is 2.24. The van der Waals surface area contributed by atoms with E-state index in [0.29, 0.717) is 19.8 Å². The molecule has 0 rings (SSSR count). The molecule has 0 saturated carbocycles. The predicted molar refractivity (Wildman–Crippen MR) is 58.5 cm³/mol. The summed E-state index contributed by atoms with van der Waals surface area (Å²) in [5.74, 6) is -1.05. The number of aliphatic hydroxyl groups is 1. The van der Waals surface area contributed by atoms with E-state index in [1.54, 1.807) is 6.92 Å². The second-order valence-electron chi connectivity index (χ2n) is 3.52. The van der Waals surface area contributed by atoms with Crippen molar-refractivity contribution in [1.82, 2.24) is 0 Å². The maximum absolute atomic E-state index is 9.75. The van der Waals surface area contributed by atoms with Gasteiger partial charge < -0.3 is 19.3 Å². The predicted octanol–water partition coefficient (Wildman–Crippen LogP) is 1.91. The fourth-order valence-corrected chi connectivity index (χ4v) is 1.10. The molecule has 1 N–H and O–H groups in total. The molecule has 1 unspecified atom stereocenters. The molecular weight excluding hydrogens is 196 g/mol. The van der Waals surface area contributed by atoms with Gasteiger partial charge in [-0.15, -0.1) is 0 Å². The van der Waals surface area contributed by atoms with Crippen LogP contribution in [0.15, 0.2) is 0 Å². The highest BCUT2D eigenvalue weighted by molar-refractivity contribution is 4.67. The summed E-state index contributed by atoms with van der Waals surface area (Å²) in [5.41, 5.74) is 0. The van der Waals surface area contributed by atoms with E-state index in [1.807, 2.05) is 20.8 Å². The van der Waals surface area contributed by atoms with Crippen LogP contribution >= 0.6 is 0 Å². The summed E-state index contributed by atoms with van der Waals surface area (Å²) in [6, 6.07) is 0. The Labute approximate surface area is 92.5 Å². The first-order chi connectivity index (χ1) is 7.10. The van der Waals surface area contributed by atoms with Crippen LogP contribution in [0, 0.1) is 0 Å². The molecule has 0 aliphatic carbocycles. The van der Waals surface area contributed by atoms with E-state index in [2.05, 4.69) is 0 Å². The van der Waals surface area contributed by atoms with E-state index < -0.39 is 12.1 Å².